The first-order valence-electron chi connectivity index (χ1n) is 7.14. The van der Waals surface area contributed by atoms with Gasteiger partial charge >= 0.3 is 0 Å². The number of aliphatic hydroxyl groups is 1. The van der Waals surface area contributed by atoms with Crippen molar-refractivity contribution in [2.24, 2.45) is 0 Å². The van der Waals surface area contributed by atoms with Crippen LogP contribution in [-0.2, 0) is 5.41 Å². The molecule has 1 rings (SSSR count). The smallest absolute Gasteiger partial charge is 0.138 e. The Balaban J connectivity index is 3.12. The Morgan fingerprint density at radius 2 is 1.65 bits per heavy atom. The fraction of sp³-hybridized carbons (Fsp3) is 0.733. The number of hydrogen-bond donors (Lipinski definition) is 3. The number of nitrogens with zero attached hydrogens (tertiary/aromatic N) is 2. The van der Waals surface area contributed by atoms with Crippen molar-refractivity contribution in [2.45, 2.75) is 59.0 Å². The molecule has 0 saturated heterocycles. The summed E-state index contributed by atoms with van der Waals surface area (Å²) in [5.41, 5.74) is 0.106. The van der Waals surface area contributed by atoms with Crippen molar-refractivity contribution >= 4 is 11.6 Å². The average Bonchev–Trinajstić information content (AvgIpc) is 2.36. The summed E-state index contributed by atoms with van der Waals surface area (Å²) in [5.74, 6) is 2.39. The van der Waals surface area contributed by atoms with Crippen LogP contribution in [0.2, 0.25) is 0 Å². The van der Waals surface area contributed by atoms with Crippen LogP contribution in [0.3, 0.4) is 0 Å². The summed E-state index contributed by atoms with van der Waals surface area (Å²) >= 11 is 0. The number of rotatable bonds is 5. The molecule has 0 aliphatic heterocycles. The molecule has 5 heteroatoms. The van der Waals surface area contributed by atoms with E-state index in [2.05, 4.69) is 41.4 Å². The van der Waals surface area contributed by atoms with E-state index in [1.54, 1.807) is 0 Å². The Bertz CT molecular complexity index is 464. The van der Waals surface area contributed by atoms with Gasteiger partial charge in [-0.1, -0.05) is 27.7 Å². The Kier molecular flexibility index (Phi) is 4.97. The predicted octanol–water partition coefficient (Wildman–Crippen LogP) is 2.70. The minimum Gasteiger partial charge on any atom is -0.388 e. The normalized spacial score (nSPS) is 14.8. The zero-order valence-corrected chi connectivity index (χ0v) is 13.8. The van der Waals surface area contributed by atoms with Crippen molar-refractivity contribution in [3.8, 4) is 0 Å². The second-order valence-electron chi connectivity index (χ2n) is 6.57. The molecule has 0 radical (unpaired) electrons. The largest absolute Gasteiger partial charge is 0.388 e. The molecule has 0 aliphatic carbocycles. The Morgan fingerprint density at radius 3 is 2.10 bits per heavy atom. The summed E-state index contributed by atoms with van der Waals surface area (Å²) in [6.45, 7) is 12.5. The van der Waals surface area contributed by atoms with Gasteiger partial charge < -0.3 is 15.7 Å². The number of nitrogens with one attached hydrogen (secondary N) is 2. The second-order valence-corrected chi connectivity index (χ2v) is 6.57. The number of hydrogen-bond acceptors (Lipinski definition) is 5. The second kappa shape index (κ2) is 5.95. The van der Waals surface area contributed by atoms with Gasteiger partial charge in [-0.25, -0.2) is 9.97 Å². The van der Waals surface area contributed by atoms with Crippen molar-refractivity contribution in [1.29, 1.82) is 0 Å². The molecule has 114 valence electrons. The quantitative estimate of drug-likeness (QED) is 0.773. The van der Waals surface area contributed by atoms with Crippen LogP contribution >= 0.6 is 0 Å². The SMILES string of the molecule is CCC(C)(O)CNc1nc(C(C)(C)C)nc(NC)c1C. The summed E-state index contributed by atoms with van der Waals surface area (Å²) in [6, 6.07) is 0. The minimum absolute atomic E-state index is 0.122. The molecule has 0 aliphatic rings. The Hall–Kier alpha value is -1.36. The van der Waals surface area contributed by atoms with E-state index in [4.69, 9.17) is 0 Å². The molecular formula is C15H28N4O. The molecule has 1 unspecified atom stereocenters. The zero-order valence-electron chi connectivity index (χ0n) is 13.8. The van der Waals surface area contributed by atoms with E-state index in [0.717, 1.165) is 23.0 Å². The fourth-order valence-electron chi connectivity index (χ4n) is 1.67. The van der Waals surface area contributed by atoms with Crippen LogP contribution in [0.25, 0.3) is 0 Å². The Labute approximate surface area is 122 Å². The van der Waals surface area contributed by atoms with Crippen LogP contribution < -0.4 is 10.6 Å². The highest BCUT2D eigenvalue weighted by atomic mass is 16.3. The lowest BCUT2D eigenvalue weighted by Gasteiger charge is -2.24. The molecule has 0 saturated carbocycles. The maximum atomic E-state index is 10.1. The summed E-state index contributed by atoms with van der Waals surface area (Å²) in [7, 11) is 1.85. The third kappa shape index (κ3) is 4.07. The standard InChI is InChI=1S/C15H28N4O/c1-8-15(6,20)9-17-12-10(2)11(16-7)18-13(19-12)14(3,4)5/h20H,8-9H2,1-7H3,(H2,16,17,18,19). The minimum atomic E-state index is -0.737. The summed E-state index contributed by atoms with van der Waals surface area (Å²) < 4.78 is 0. The van der Waals surface area contributed by atoms with Gasteiger partial charge in [0.15, 0.2) is 0 Å². The van der Waals surface area contributed by atoms with Crippen LogP contribution in [0, 0.1) is 6.92 Å². The van der Waals surface area contributed by atoms with Crippen LogP contribution in [0.5, 0.6) is 0 Å². The van der Waals surface area contributed by atoms with Gasteiger partial charge in [-0.15, -0.1) is 0 Å². The highest BCUT2D eigenvalue weighted by Gasteiger charge is 2.22. The highest BCUT2D eigenvalue weighted by Crippen LogP contribution is 2.26. The monoisotopic (exact) mass is 280 g/mol. The van der Waals surface area contributed by atoms with Gasteiger partial charge in [-0.3, -0.25) is 0 Å². The lowest BCUT2D eigenvalue weighted by atomic mass is 9.95. The van der Waals surface area contributed by atoms with Crippen molar-refractivity contribution < 1.29 is 5.11 Å². The molecular weight excluding hydrogens is 252 g/mol. The molecule has 1 aromatic rings. The van der Waals surface area contributed by atoms with Crippen molar-refractivity contribution in [2.75, 3.05) is 24.2 Å². The molecule has 0 amide bonds. The molecule has 1 heterocycles. The highest BCUT2D eigenvalue weighted by molar-refractivity contribution is 5.57. The number of aromatic nitrogens is 2. The molecule has 3 N–H and O–H groups in total. The van der Waals surface area contributed by atoms with Crippen LogP contribution in [0.15, 0.2) is 0 Å². The van der Waals surface area contributed by atoms with E-state index in [9.17, 15) is 5.11 Å². The summed E-state index contributed by atoms with van der Waals surface area (Å²) in [4.78, 5) is 9.18. The van der Waals surface area contributed by atoms with Crippen molar-refractivity contribution in [3.63, 3.8) is 0 Å². The molecule has 1 atom stereocenters. The molecule has 20 heavy (non-hydrogen) atoms. The average molecular weight is 280 g/mol. The van der Waals surface area contributed by atoms with Crippen LogP contribution in [0.4, 0.5) is 11.6 Å². The molecule has 5 nitrogen and oxygen atoms in total. The Morgan fingerprint density at radius 1 is 1.10 bits per heavy atom. The van der Waals surface area contributed by atoms with Gasteiger partial charge in [-0.05, 0) is 20.3 Å². The van der Waals surface area contributed by atoms with Gasteiger partial charge in [0.2, 0.25) is 0 Å². The van der Waals surface area contributed by atoms with Crippen molar-refractivity contribution in [3.05, 3.63) is 11.4 Å². The lowest BCUT2D eigenvalue weighted by Crippen LogP contribution is -2.33. The molecule has 0 bridgehead atoms. The number of anilines is 2. The first kappa shape index (κ1) is 16.7. The molecule has 0 aromatic carbocycles. The topological polar surface area (TPSA) is 70.1 Å². The summed E-state index contributed by atoms with van der Waals surface area (Å²) in [6.07, 6.45) is 0.690. The van der Waals surface area contributed by atoms with Gasteiger partial charge in [0.25, 0.3) is 0 Å². The van der Waals surface area contributed by atoms with Crippen molar-refractivity contribution in [1.82, 2.24) is 9.97 Å². The van der Waals surface area contributed by atoms with Gasteiger partial charge in [0, 0.05) is 24.6 Å². The maximum absolute atomic E-state index is 10.1. The predicted molar refractivity (Wildman–Crippen MR) is 84.4 cm³/mol. The van der Waals surface area contributed by atoms with Gasteiger partial charge in [-0.2, -0.15) is 0 Å². The molecule has 0 fully saturated rings. The van der Waals surface area contributed by atoms with Gasteiger partial charge in [0.05, 0.1) is 5.60 Å². The lowest BCUT2D eigenvalue weighted by molar-refractivity contribution is 0.0696. The van der Waals surface area contributed by atoms with Crippen LogP contribution in [-0.4, -0.2) is 34.3 Å². The zero-order chi connectivity index (χ0) is 15.6. The van der Waals surface area contributed by atoms with E-state index < -0.39 is 5.60 Å². The first-order chi connectivity index (χ1) is 9.10. The molecule has 1 aromatic heterocycles. The van der Waals surface area contributed by atoms with Crippen LogP contribution in [0.1, 0.15) is 52.4 Å². The third-order valence-electron chi connectivity index (χ3n) is 3.45. The molecule has 0 spiro atoms. The van der Waals surface area contributed by atoms with Gasteiger partial charge in [0.1, 0.15) is 17.5 Å². The third-order valence-corrected chi connectivity index (χ3v) is 3.45. The van der Waals surface area contributed by atoms with E-state index in [1.165, 1.54) is 0 Å². The van der Waals surface area contributed by atoms with E-state index in [1.807, 2.05) is 27.8 Å². The fourth-order valence-corrected chi connectivity index (χ4v) is 1.67. The van der Waals surface area contributed by atoms with E-state index in [-0.39, 0.29) is 5.41 Å². The van der Waals surface area contributed by atoms with E-state index >= 15 is 0 Å². The maximum Gasteiger partial charge on any atom is 0.138 e. The van der Waals surface area contributed by atoms with E-state index in [0.29, 0.717) is 13.0 Å². The summed E-state index contributed by atoms with van der Waals surface area (Å²) in [5, 5.41) is 16.5. The first-order valence-corrected chi connectivity index (χ1v) is 7.14.